The first-order chi connectivity index (χ1) is 10.1. The Labute approximate surface area is 131 Å². The predicted octanol–water partition coefficient (Wildman–Crippen LogP) is 3.25. The highest BCUT2D eigenvalue weighted by Crippen LogP contribution is 2.37. The Bertz CT molecular complexity index is 497. The van der Waals surface area contributed by atoms with Gasteiger partial charge in [0.05, 0.1) is 5.75 Å². The molecule has 0 saturated heterocycles. The van der Waals surface area contributed by atoms with Crippen molar-refractivity contribution in [2.24, 2.45) is 11.8 Å². The fourth-order valence-corrected chi connectivity index (χ4v) is 4.04. The SMILES string of the molecule is CC1CCCC(NC(=O)CSc2nccn2C2CC2)C1C. The smallest absolute Gasteiger partial charge is 0.230 e. The largest absolute Gasteiger partial charge is 0.352 e. The fraction of sp³-hybridized carbons (Fsp3) is 0.750. The Morgan fingerprint density at radius 2 is 2.19 bits per heavy atom. The molecule has 5 heteroatoms. The Morgan fingerprint density at radius 1 is 1.38 bits per heavy atom. The molecule has 2 saturated carbocycles. The maximum Gasteiger partial charge on any atom is 0.230 e. The number of carbonyl (C=O) groups is 1. The average molecular weight is 307 g/mol. The van der Waals surface area contributed by atoms with Gasteiger partial charge in [-0.1, -0.05) is 38.5 Å². The number of thioether (sulfide) groups is 1. The molecule has 21 heavy (non-hydrogen) atoms. The zero-order valence-electron chi connectivity index (χ0n) is 12.9. The molecule has 3 atom stereocenters. The standard InChI is InChI=1S/C16H25N3OS/c1-11-4-3-5-14(12(11)2)18-15(20)10-21-16-17-8-9-19(16)13-6-7-13/h8-9,11-14H,3-7,10H2,1-2H3,(H,18,20). The molecular formula is C16H25N3OS. The molecule has 3 rings (SSSR count). The lowest BCUT2D eigenvalue weighted by Crippen LogP contribution is -2.44. The van der Waals surface area contributed by atoms with Gasteiger partial charge in [0.25, 0.3) is 0 Å². The number of hydrogen-bond acceptors (Lipinski definition) is 3. The van der Waals surface area contributed by atoms with Crippen molar-refractivity contribution in [3.63, 3.8) is 0 Å². The number of nitrogens with one attached hydrogen (secondary N) is 1. The molecule has 0 spiro atoms. The second-order valence-electron chi connectivity index (χ2n) is 6.58. The van der Waals surface area contributed by atoms with Crippen molar-refractivity contribution in [2.75, 3.05) is 5.75 Å². The quantitative estimate of drug-likeness (QED) is 0.849. The number of nitrogens with zero attached hydrogens (tertiary/aromatic N) is 2. The molecule has 3 unspecified atom stereocenters. The Kier molecular flexibility index (Phi) is 4.57. The maximum absolute atomic E-state index is 12.2. The van der Waals surface area contributed by atoms with Crippen LogP contribution in [0.3, 0.4) is 0 Å². The third-order valence-electron chi connectivity index (χ3n) is 4.96. The van der Waals surface area contributed by atoms with Crippen LogP contribution in [0.2, 0.25) is 0 Å². The first-order valence-corrected chi connectivity index (χ1v) is 9.08. The van der Waals surface area contributed by atoms with Gasteiger partial charge in [-0.05, 0) is 31.1 Å². The number of hydrogen-bond donors (Lipinski definition) is 1. The van der Waals surface area contributed by atoms with E-state index in [1.807, 2.05) is 12.4 Å². The van der Waals surface area contributed by atoms with Gasteiger partial charge in [0, 0.05) is 24.5 Å². The van der Waals surface area contributed by atoms with E-state index in [0.717, 1.165) is 11.6 Å². The van der Waals surface area contributed by atoms with Gasteiger partial charge in [0.15, 0.2) is 5.16 Å². The summed E-state index contributed by atoms with van der Waals surface area (Å²) in [7, 11) is 0. The lowest BCUT2D eigenvalue weighted by molar-refractivity contribution is -0.120. The van der Waals surface area contributed by atoms with Crippen molar-refractivity contribution in [3.8, 4) is 0 Å². The van der Waals surface area contributed by atoms with Crippen LogP contribution in [0, 0.1) is 11.8 Å². The van der Waals surface area contributed by atoms with Gasteiger partial charge in [-0.15, -0.1) is 0 Å². The second-order valence-corrected chi connectivity index (χ2v) is 7.52. The van der Waals surface area contributed by atoms with Gasteiger partial charge in [0.1, 0.15) is 0 Å². The molecule has 4 nitrogen and oxygen atoms in total. The maximum atomic E-state index is 12.2. The van der Waals surface area contributed by atoms with Gasteiger partial charge < -0.3 is 9.88 Å². The summed E-state index contributed by atoms with van der Waals surface area (Å²) in [5.41, 5.74) is 0. The van der Waals surface area contributed by atoms with E-state index >= 15 is 0 Å². The van der Waals surface area contributed by atoms with Crippen molar-refractivity contribution < 1.29 is 4.79 Å². The van der Waals surface area contributed by atoms with E-state index in [2.05, 4.69) is 28.7 Å². The molecule has 2 aliphatic carbocycles. The van der Waals surface area contributed by atoms with Crippen LogP contribution < -0.4 is 5.32 Å². The molecular weight excluding hydrogens is 282 g/mol. The molecule has 1 heterocycles. The summed E-state index contributed by atoms with van der Waals surface area (Å²) in [6, 6.07) is 0.974. The zero-order chi connectivity index (χ0) is 14.8. The zero-order valence-corrected chi connectivity index (χ0v) is 13.7. The number of rotatable bonds is 5. The number of amides is 1. The van der Waals surface area contributed by atoms with Crippen LogP contribution in [-0.2, 0) is 4.79 Å². The van der Waals surface area contributed by atoms with Gasteiger partial charge in [-0.25, -0.2) is 4.98 Å². The van der Waals surface area contributed by atoms with Gasteiger partial charge in [0.2, 0.25) is 5.91 Å². The summed E-state index contributed by atoms with van der Waals surface area (Å²) in [5.74, 6) is 1.92. The fourth-order valence-electron chi connectivity index (χ4n) is 3.21. The summed E-state index contributed by atoms with van der Waals surface area (Å²) in [6.07, 6.45) is 10.0. The molecule has 2 aliphatic rings. The molecule has 116 valence electrons. The number of aromatic nitrogens is 2. The molecule has 0 bridgehead atoms. The van der Waals surface area contributed by atoms with Crippen molar-refractivity contribution in [1.29, 1.82) is 0 Å². The van der Waals surface area contributed by atoms with Crippen molar-refractivity contribution in [1.82, 2.24) is 14.9 Å². The second kappa shape index (κ2) is 6.42. The molecule has 0 radical (unpaired) electrons. The van der Waals surface area contributed by atoms with E-state index in [-0.39, 0.29) is 5.91 Å². The molecule has 0 aromatic carbocycles. The van der Waals surface area contributed by atoms with Crippen LogP contribution in [0.4, 0.5) is 0 Å². The highest BCUT2D eigenvalue weighted by Gasteiger charge is 2.29. The summed E-state index contributed by atoms with van der Waals surface area (Å²) in [5, 5.41) is 4.21. The average Bonchev–Trinajstić information content (AvgIpc) is 3.20. The van der Waals surface area contributed by atoms with E-state index in [9.17, 15) is 4.79 Å². The minimum absolute atomic E-state index is 0.149. The molecule has 1 aromatic heterocycles. The van der Waals surface area contributed by atoms with Gasteiger partial charge in [-0.3, -0.25) is 4.79 Å². The summed E-state index contributed by atoms with van der Waals surface area (Å²) < 4.78 is 2.21. The summed E-state index contributed by atoms with van der Waals surface area (Å²) in [4.78, 5) is 16.6. The van der Waals surface area contributed by atoms with Crippen LogP contribution >= 0.6 is 11.8 Å². The Hall–Kier alpha value is -0.970. The van der Waals surface area contributed by atoms with E-state index in [0.29, 0.717) is 29.7 Å². The van der Waals surface area contributed by atoms with Gasteiger partial charge in [-0.2, -0.15) is 0 Å². The van der Waals surface area contributed by atoms with Crippen molar-refractivity contribution in [3.05, 3.63) is 12.4 Å². The molecule has 1 aromatic rings. The van der Waals surface area contributed by atoms with Crippen LogP contribution in [0.15, 0.2) is 17.6 Å². The Balaban J connectivity index is 1.49. The lowest BCUT2D eigenvalue weighted by atomic mass is 9.78. The van der Waals surface area contributed by atoms with Crippen LogP contribution in [-0.4, -0.2) is 27.3 Å². The van der Waals surface area contributed by atoms with E-state index in [4.69, 9.17) is 0 Å². The van der Waals surface area contributed by atoms with Crippen molar-refractivity contribution in [2.45, 2.75) is 63.2 Å². The third kappa shape index (κ3) is 3.62. The molecule has 1 N–H and O–H groups in total. The first kappa shape index (κ1) is 14.9. The molecule has 2 fully saturated rings. The number of carbonyl (C=O) groups excluding carboxylic acids is 1. The minimum atomic E-state index is 0.149. The van der Waals surface area contributed by atoms with E-state index in [1.54, 1.807) is 11.8 Å². The van der Waals surface area contributed by atoms with Crippen molar-refractivity contribution >= 4 is 17.7 Å². The molecule has 1 amide bonds. The molecule has 0 aliphatic heterocycles. The normalized spacial score (nSPS) is 29.3. The minimum Gasteiger partial charge on any atom is -0.352 e. The lowest BCUT2D eigenvalue weighted by Gasteiger charge is -2.34. The third-order valence-corrected chi connectivity index (χ3v) is 5.94. The van der Waals surface area contributed by atoms with Crippen LogP contribution in [0.1, 0.15) is 52.0 Å². The van der Waals surface area contributed by atoms with E-state index < -0.39 is 0 Å². The topological polar surface area (TPSA) is 46.9 Å². The van der Waals surface area contributed by atoms with Gasteiger partial charge >= 0.3 is 0 Å². The monoisotopic (exact) mass is 307 g/mol. The summed E-state index contributed by atoms with van der Waals surface area (Å²) in [6.45, 7) is 4.56. The van der Waals surface area contributed by atoms with E-state index in [1.165, 1.54) is 25.7 Å². The Morgan fingerprint density at radius 3 is 2.95 bits per heavy atom. The van der Waals surface area contributed by atoms with Crippen LogP contribution in [0.25, 0.3) is 0 Å². The first-order valence-electron chi connectivity index (χ1n) is 8.10. The van der Waals surface area contributed by atoms with Crippen LogP contribution in [0.5, 0.6) is 0 Å². The highest BCUT2D eigenvalue weighted by atomic mass is 32.2. The predicted molar refractivity (Wildman–Crippen MR) is 85.3 cm³/mol. The number of imidazole rings is 1. The summed E-state index contributed by atoms with van der Waals surface area (Å²) >= 11 is 1.56. The highest BCUT2D eigenvalue weighted by molar-refractivity contribution is 7.99.